The van der Waals surface area contributed by atoms with E-state index in [4.69, 9.17) is 0 Å². The number of anilines is 2. The summed E-state index contributed by atoms with van der Waals surface area (Å²) in [5.74, 6) is 0.433. The Morgan fingerprint density at radius 1 is 1.21 bits per heavy atom. The highest BCUT2D eigenvalue weighted by atomic mass is 19.4. The van der Waals surface area contributed by atoms with E-state index in [1.54, 1.807) is 0 Å². The van der Waals surface area contributed by atoms with Crippen molar-refractivity contribution in [2.75, 3.05) is 29.9 Å². The zero-order valence-electron chi connectivity index (χ0n) is 15.3. The Kier molecular flexibility index (Phi) is 4.70. The van der Waals surface area contributed by atoms with E-state index in [0.717, 1.165) is 37.1 Å². The topological polar surface area (TPSA) is 61.4 Å². The van der Waals surface area contributed by atoms with Gasteiger partial charge < -0.3 is 10.2 Å². The number of benzene rings is 1. The van der Waals surface area contributed by atoms with Crippen LogP contribution in [0.4, 0.5) is 24.7 Å². The number of amides is 1. The number of nitrogens with one attached hydrogen (secondary N) is 1. The fourth-order valence-electron chi connectivity index (χ4n) is 3.94. The molecule has 0 aliphatic carbocycles. The van der Waals surface area contributed by atoms with E-state index < -0.39 is 17.6 Å². The van der Waals surface area contributed by atoms with Gasteiger partial charge in [0.2, 0.25) is 5.91 Å². The third kappa shape index (κ3) is 3.66. The molecule has 1 N–H and O–H groups in total. The van der Waals surface area contributed by atoms with Gasteiger partial charge in [-0.25, -0.2) is 9.97 Å². The Labute approximate surface area is 160 Å². The molecule has 2 bridgehead atoms. The van der Waals surface area contributed by atoms with Crippen LogP contribution in [0.1, 0.15) is 17.7 Å². The van der Waals surface area contributed by atoms with Crippen LogP contribution < -0.4 is 10.2 Å². The van der Waals surface area contributed by atoms with E-state index in [2.05, 4.69) is 25.1 Å². The molecule has 6 nitrogen and oxygen atoms in total. The van der Waals surface area contributed by atoms with Gasteiger partial charge in [-0.15, -0.1) is 0 Å². The number of piperidine rings is 1. The minimum Gasteiger partial charge on any atom is -0.353 e. The summed E-state index contributed by atoms with van der Waals surface area (Å²) in [7, 11) is 0. The van der Waals surface area contributed by atoms with Gasteiger partial charge in [0.1, 0.15) is 12.1 Å². The molecule has 0 saturated carbocycles. The summed E-state index contributed by atoms with van der Waals surface area (Å²) in [6.07, 6.45) is -1.99. The van der Waals surface area contributed by atoms with Gasteiger partial charge in [0.15, 0.2) is 0 Å². The molecule has 2 unspecified atom stereocenters. The fourth-order valence-corrected chi connectivity index (χ4v) is 3.94. The second-order valence-corrected chi connectivity index (χ2v) is 7.23. The molecule has 148 valence electrons. The van der Waals surface area contributed by atoms with Crippen molar-refractivity contribution < 1.29 is 18.0 Å². The molecule has 9 heteroatoms. The number of para-hydroxylation sites is 1. The predicted octanol–water partition coefficient (Wildman–Crippen LogP) is 2.71. The zero-order valence-corrected chi connectivity index (χ0v) is 15.3. The number of nitrogens with zero attached hydrogens (tertiary/aromatic N) is 4. The van der Waals surface area contributed by atoms with Crippen LogP contribution in [-0.4, -0.2) is 52.5 Å². The summed E-state index contributed by atoms with van der Waals surface area (Å²) in [5.41, 5.74) is -0.148. The molecule has 4 heterocycles. The zero-order chi connectivity index (χ0) is 19.9. The van der Waals surface area contributed by atoms with Crippen LogP contribution >= 0.6 is 0 Å². The van der Waals surface area contributed by atoms with Crippen molar-refractivity contribution in [3.8, 4) is 0 Å². The molecule has 0 radical (unpaired) electrons. The number of aromatic nitrogens is 2. The second kappa shape index (κ2) is 7.05. The minimum atomic E-state index is -4.51. The van der Waals surface area contributed by atoms with Gasteiger partial charge in [-0.05, 0) is 25.5 Å². The standard InChI is InChI=1S/C19H20F3N5O/c1-12-6-17(24-11-23-12)26-8-13-7-14(9-26)27(13)10-18(28)25-16-5-3-2-4-15(16)19(20,21)22/h2-6,11,13-14H,7-10H2,1H3,(H,25,28). The van der Waals surface area contributed by atoms with Gasteiger partial charge in [-0.1, -0.05) is 12.1 Å². The molecule has 3 aliphatic heterocycles. The molecule has 2 atom stereocenters. The van der Waals surface area contributed by atoms with Crippen molar-refractivity contribution in [3.63, 3.8) is 0 Å². The number of carbonyl (C=O) groups is 1. The molecular formula is C19H20F3N5O. The number of carbonyl (C=O) groups excluding carboxylic acids is 1. The smallest absolute Gasteiger partial charge is 0.353 e. The Morgan fingerprint density at radius 2 is 1.93 bits per heavy atom. The molecule has 28 heavy (non-hydrogen) atoms. The number of hydrogen-bond donors (Lipinski definition) is 1. The molecule has 0 spiro atoms. The highest BCUT2D eigenvalue weighted by Gasteiger charge is 2.45. The maximum Gasteiger partial charge on any atom is 0.418 e. The highest BCUT2D eigenvalue weighted by Crippen LogP contribution is 2.36. The largest absolute Gasteiger partial charge is 0.418 e. The highest BCUT2D eigenvalue weighted by molar-refractivity contribution is 5.93. The Bertz CT molecular complexity index is 876. The average molecular weight is 391 g/mol. The van der Waals surface area contributed by atoms with E-state index in [9.17, 15) is 18.0 Å². The van der Waals surface area contributed by atoms with Crippen molar-refractivity contribution in [3.05, 3.63) is 47.9 Å². The van der Waals surface area contributed by atoms with Crippen LogP contribution in [0.3, 0.4) is 0 Å². The molecule has 1 aromatic carbocycles. The molecule has 2 aromatic rings. The van der Waals surface area contributed by atoms with Gasteiger partial charge >= 0.3 is 6.18 Å². The number of alkyl halides is 3. The van der Waals surface area contributed by atoms with E-state index in [0.29, 0.717) is 0 Å². The van der Waals surface area contributed by atoms with E-state index in [1.165, 1.54) is 24.5 Å². The second-order valence-electron chi connectivity index (χ2n) is 7.23. The molecule has 5 rings (SSSR count). The quantitative estimate of drug-likeness (QED) is 0.869. The maximum absolute atomic E-state index is 13.1. The summed E-state index contributed by atoms with van der Waals surface area (Å²) in [5, 5.41) is 2.42. The first-order valence-corrected chi connectivity index (χ1v) is 9.06. The Balaban J connectivity index is 1.38. The third-order valence-electron chi connectivity index (χ3n) is 5.29. The van der Waals surface area contributed by atoms with Gasteiger partial charge in [0, 0.05) is 36.9 Å². The van der Waals surface area contributed by atoms with Crippen LogP contribution in [0.2, 0.25) is 0 Å². The summed E-state index contributed by atoms with van der Waals surface area (Å²) < 4.78 is 39.2. The Hall–Kier alpha value is -2.68. The molecule has 3 aliphatic rings. The first kappa shape index (κ1) is 18.7. The lowest BCUT2D eigenvalue weighted by Crippen LogP contribution is -2.69. The van der Waals surface area contributed by atoms with Gasteiger partial charge in [-0.2, -0.15) is 13.2 Å². The molecular weight excluding hydrogens is 371 g/mol. The summed E-state index contributed by atoms with van der Waals surface area (Å²) in [6.45, 7) is 3.46. The summed E-state index contributed by atoms with van der Waals surface area (Å²) >= 11 is 0. The lowest BCUT2D eigenvalue weighted by molar-refractivity contribution is -0.137. The molecule has 1 amide bonds. The number of hydrogen-bond acceptors (Lipinski definition) is 5. The van der Waals surface area contributed by atoms with Crippen LogP contribution in [0.5, 0.6) is 0 Å². The van der Waals surface area contributed by atoms with Crippen molar-refractivity contribution in [1.29, 1.82) is 0 Å². The number of aryl methyl sites for hydroxylation is 1. The SMILES string of the molecule is Cc1cc(N2CC3CC(C2)N3CC(=O)Nc2ccccc2C(F)(F)F)ncn1. The van der Waals surface area contributed by atoms with Crippen molar-refractivity contribution in [1.82, 2.24) is 14.9 Å². The minimum absolute atomic E-state index is 0.0815. The molecule has 1 aromatic heterocycles. The molecule has 3 fully saturated rings. The normalized spacial score (nSPS) is 21.9. The first-order valence-electron chi connectivity index (χ1n) is 9.06. The van der Waals surface area contributed by atoms with Gasteiger partial charge in [0.25, 0.3) is 0 Å². The van der Waals surface area contributed by atoms with Gasteiger partial charge in [-0.3, -0.25) is 9.69 Å². The monoisotopic (exact) mass is 391 g/mol. The van der Waals surface area contributed by atoms with Crippen molar-refractivity contribution in [2.24, 2.45) is 0 Å². The van der Waals surface area contributed by atoms with Crippen molar-refractivity contribution >= 4 is 17.4 Å². The number of rotatable bonds is 4. The summed E-state index contributed by atoms with van der Waals surface area (Å²) in [6, 6.07) is 7.34. The lowest BCUT2D eigenvalue weighted by atomic mass is 9.87. The van der Waals surface area contributed by atoms with Crippen molar-refractivity contribution in [2.45, 2.75) is 31.6 Å². The lowest BCUT2D eigenvalue weighted by Gasteiger charge is -2.56. The summed E-state index contributed by atoms with van der Waals surface area (Å²) in [4.78, 5) is 25.0. The van der Waals surface area contributed by atoms with Crippen LogP contribution in [-0.2, 0) is 11.0 Å². The van der Waals surface area contributed by atoms with E-state index in [1.807, 2.05) is 13.0 Å². The van der Waals surface area contributed by atoms with Crippen LogP contribution in [0, 0.1) is 6.92 Å². The fraction of sp³-hybridized carbons (Fsp3) is 0.421. The number of halogens is 3. The number of piperazine rings is 1. The van der Waals surface area contributed by atoms with Crippen LogP contribution in [0.15, 0.2) is 36.7 Å². The third-order valence-corrected chi connectivity index (χ3v) is 5.29. The van der Waals surface area contributed by atoms with Gasteiger partial charge in [0.05, 0.1) is 17.8 Å². The van der Waals surface area contributed by atoms with Crippen LogP contribution in [0.25, 0.3) is 0 Å². The van der Waals surface area contributed by atoms with E-state index >= 15 is 0 Å². The molecule has 3 saturated heterocycles. The number of fused-ring (bicyclic) bond motifs is 2. The predicted molar refractivity (Wildman–Crippen MR) is 98.0 cm³/mol. The Morgan fingerprint density at radius 3 is 2.61 bits per heavy atom. The van der Waals surface area contributed by atoms with E-state index in [-0.39, 0.29) is 24.3 Å². The average Bonchev–Trinajstić information content (AvgIpc) is 2.66. The maximum atomic E-state index is 13.1. The first-order chi connectivity index (χ1) is 13.3.